The number of ether oxygens (including phenoxy) is 4. The van der Waals surface area contributed by atoms with E-state index >= 15 is 0 Å². The molecule has 3 aromatic carbocycles. The van der Waals surface area contributed by atoms with Crippen LogP contribution in [0, 0.1) is 0 Å². The van der Waals surface area contributed by atoms with Gasteiger partial charge in [0.05, 0.1) is 32.4 Å². The van der Waals surface area contributed by atoms with E-state index in [9.17, 15) is 14.4 Å². The van der Waals surface area contributed by atoms with E-state index in [1.165, 1.54) is 26.4 Å². The largest absolute Gasteiger partial charge is 0.493 e. The highest BCUT2D eigenvalue weighted by atomic mass is 35.5. The summed E-state index contributed by atoms with van der Waals surface area (Å²) in [5.41, 5.74) is 1.39. The van der Waals surface area contributed by atoms with Crippen LogP contribution in [0.1, 0.15) is 30.0 Å². The number of amides is 4. The van der Waals surface area contributed by atoms with Gasteiger partial charge in [0, 0.05) is 15.6 Å². The van der Waals surface area contributed by atoms with E-state index in [1.54, 1.807) is 42.5 Å². The average Bonchev–Trinajstić information content (AvgIpc) is 2.96. The molecule has 1 N–H and O–H groups in total. The van der Waals surface area contributed by atoms with Gasteiger partial charge in [-0.15, -0.1) is 0 Å². The average molecular weight is 634 g/mol. The van der Waals surface area contributed by atoms with Crippen LogP contribution in [0.4, 0.5) is 4.79 Å². The van der Waals surface area contributed by atoms with Crippen LogP contribution < -0.4 is 24.3 Å². The molecule has 0 aromatic heterocycles. The first-order valence-corrected chi connectivity index (χ1v) is 13.9. The lowest BCUT2D eigenvalue weighted by Gasteiger charge is -2.26. The molecule has 42 heavy (non-hydrogen) atoms. The summed E-state index contributed by atoms with van der Waals surface area (Å²) >= 11 is 18.7. The lowest BCUT2D eigenvalue weighted by atomic mass is 10.1. The fraction of sp³-hybridized carbons (Fsp3) is 0.233. The normalized spacial score (nSPS) is 14.2. The van der Waals surface area contributed by atoms with Crippen molar-refractivity contribution in [3.8, 4) is 23.0 Å². The van der Waals surface area contributed by atoms with Crippen molar-refractivity contribution in [1.29, 1.82) is 0 Å². The van der Waals surface area contributed by atoms with E-state index in [0.29, 0.717) is 44.8 Å². The molecule has 4 amide bonds. The Hall–Kier alpha value is -3.92. The zero-order valence-corrected chi connectivity index (χ0v) is 25.2. The maximum atomic E-state index is 13.3. The monoisotopic (exact) mass is 632 g/mol. The van der Waals surface area contributed by atoms with E-state index in [2.05, 4.69) is 5.32 Å². The molecule has 0 aliphatic carbocycles. The van der Waals surface area contributed by atoms with E-state index < -0.39 is 17.8 Å². The predicted molar refractivity (Wildman–Crippen MR) is 160 cm³/mol. The van der Waals surface area contributed by atoms with Crippen LogP contribution >= 0.6 is 34.8 Å². The van der Waals surface area contributed by atoms with Crippen molar-refractivity contribution in [2.75, 3.05) is 20.8 Å². The second-order valence-electron chi connectivity index (χ2n) is 9.10. The molecule has 12 heteroatoms. The highest BCUT2D eigenvalue weighted by Crippen LogP contribution is 2.38. The molecule has 0 unspecified atom stereocenters. The Labute approximate surface area is 257 Å². The fourth-order valence-electron chi connectivity index (χ4n) is 4.08. The summed E-state index contributed by atoms with van der Waals surface area (Å²) < 4.78 is 22.4. The molecule has 0 spiro atoms. The molecule has 0 bridgehead atoms. The highest BCUT2D eigenvalue weighted by molar-refractivity contribution is 6.35. The van der Waals surface area contributed by atoms with E-state index in [-0.39, 0.29) is 35.2 Å². The number of barbiturate groups is 1. The Morgan fingerprint density at radius 3 is 2.31 bits per heavy atom. The molecule has 1 aliphatic heterocycles. The number of imide groups is 2. The molecule has 3 aromatic rings. The van der Waals surface area contributed by atoms with E-state index in [1.807, 2.05) is 6.92 Å². The molecule has 0 saturated carbocycles. The molecule has 1 aliphatic rings. The number of nitrogens with one attached hydrogen (secondary N) is 1. The van der Waals surface area contributed by atoms with Crippen LogP contribution in [0.15, 0.2) is 54.1 Å². The smallest absolute Gasteiger partial charge is 0.331 e. The number of carbonyl (C=O) groups excluding carboxylic acids is 3. The standard InChI is InChI=1S/C30H27Cl3N2O7/c1-4-9-41-24-8-5-17(12-25(24)39-2)15-35-29(37)21(28(36)34-30(35)38)10-18-11-23(33)27(26(13-18)40-3)42-16-19-6-7-20(31)14-22(19)32/h5-8,10-14H,4,9,15-16H2,1-3H3,(H,34,36,38)/b21-10+. The summed E-state index contributed by atoms with van der Waals surface area (Å²) in [4.78, 5) is 39.6. The number of hydrogen-bond donors (Lipinski definition) is 1. The van der Waals surface area contributed by atoms with Crippen molar-refractivity contribution in [2.24, 2.45) is 0 Å². The topological polar surface area (TPSA) is 103 Å². The number of halogens is 3. The minimum Gasteiger partial charge on any atom is -0.493 e. The first-order chi connectivity index (χ1) is 20.1. The van der Waals surface area contributed by atoms with Crippen LogP contribution in [0.25, 0.3) is 6.08 Å². The van der Waals surface area contributed by atoms with Gasteiger partial charge in [0.15, 0.2) is 23.0 Å². The minimum absolute atomic E-state index is 0.0843. The molecule has 1 heterocycles. The van der Waals surface area contributed by atoms with Gasteiger partial charge in [0.2, 0.25) is 0 Å². The Morgan fingerprint density at radius 1 is 0.857 bits per heavy atom. The third kappa shape index (κ3) is 7.10. The van der Waals surface area contributed by atoms with Gasteiger partial charge in [-0.2, -0.15) is 0 Å². The number of urea groups is 1. The third-order valence-corrected chi connectivity index (χ3v) is 7.03. The van der Waals surface area contributed by atoms with Crippen molar-refractivity contribution in [3.05, 3.63) is 85.9 Å². The van der Waals surface area contributed by atoms with Gasteiger partial charge in [0.25, 0.3) is 11.8 Å². The minimum atomic E-state index is -0.840. The van der Waals surface area contributed by atoms with Gasteiger partial charge in [-0.1, -0.05) is 53.9 Å². The Bertz CT molecular complexity index is 1560. The number of hydrogen-bond acceptors (Lipinski definition) is 7. The van der Waals surface area contributed by atoms with Gasteiger partial charge >= 0.3 is 6.03 Å². The van der Waals surface area contributed by atoms with Crippen LogP contribution in [-0.2, 0) is 22.7 Å². The maximum absolute atomic E-state index is 13.3. The first-order valence-electron chi connectivity index (χ1n) is 12.8. The van der Waals surface area contributed by atoms with Gasteiger partial charge in [-0.3, -0.25) is 19.8 Å². The van der Waals surface area contributed by atoms with Crippen LogP contribution in [0.3, 0.4) is 0 Å². The van der Waals surface area contributed by atoms with Crippen molar-refractivity contribution in [1.82, 2.24) is 10.2 Å². The van der Waals surface area contributed by atoms with Crippen LogP contribution in [-0.4, -0.2) is 43.6 Å². The highest BCUT2D eigenvalue weighted by Gasteiger charge is 2.36. The Morgan fingerprint density at radius 2 is 1.62 bits per heavy atom. The van der Waals surface area contributed by atoms with Gasteiger partial charge in [0.1, 0.15) is 12.2 Å². The Kier molecular flexibility index (Phi) is 10.2. The molecule has 1 fully saturated rings. The SMILES string of the molecule is CCCOc1ccc(CN2C(=O)NC(=O)/C(=C\c3cc(Cl)c(OCc4ccc(Cl)cc4Cl)c(OC)c3)C2=O)cc1OC. The van der Waals surface area contributed by atoms with E-state index in [0.717, 1.165) is 11.3 Å². The lowest BCUT2D eigenvalue weighted by molar-refractivity contribution is -0.130. The van der Waals surface area contributed by atoms with Gasteiger partial charge in [-0.25, -0.2) is 4.79 Å². The maximum Gasteiger partial charge on any atom is 0.331 e. The molecule has 0 atom stereocenters. The number of methoxy groups -OCH3 is 2. The lowest BCUT2D eigenvalue weighted by Crippen LogP contribution is -2.53. The van der Waals surface area contributed by atoms with Gasteiger partial charge < -0.3 is 18.9 Å². The second-order valence-corrected chi connectivity index (χ2v) is 10.4. The summed E-state index contributed by atoms with van der Waals surface area (Å²) in [7, 11) is 2.93. The van der Waals surface area contributed by atoms with Crippen molar-refractivity contribution in [3.63, 3.8) is 0 Å². The van der Waals surface area contributed by atoms with Gasteiger partial charge in [-0.05, 0) is 60.0 Å². The third-order valence-electron chi connectivity index (χ3n) is 6.17. The number of carbonyl (C=O) groups is 3. The number of benzene rings is 3. The van der Waals surface area contributed by atoms with Crippen molar-refractivity contribution >= 4 is 58.7 Å². The van der Waals surface area contributed by atoms with Crippen LogP contribution in [0.2, 0.25) is 15.1 Å². The molecule has 1 saturated heterocycles. The summed E-state index contributed by atoms with van der Waals surface area (Å²) in [6, 6.07) is 12.3. The molecule has 0 radical (unpaired) electrons. The van der Waals surface area contributed by atoms with Crippen molar-refractivity contribution in [2.45, 2.75) is 26.5 Å². The summed E-state index contributed by atoms with van der Waals surface area (Å²) in [5, 5.41) is 3.30. The summed E-state index contributed by atoms with van der Waals surface area (Å²) in [6.07, 6.45) is 2.15. The zero-order valence-electron chi connectivity index (χ0n) is 23.0. The molecule has 4 rings (SSSR count). The number of nitrogens with zero attached hydrogens (tertiary/aromatic N) is 1. The first kappa shape index (κ1) is 31.0. The zero-order chi connectivity index (χ0) is 30.4. The molecular weight excluding hydrogens is 607 g/mol. The summed E-state index contributed by atoms with van der Waals surface area (Å²) in [6.45, 7) is 2.47. The predicted octanol–water partition coefficient (Wildman–Crippen LogP) is 6.69. The molecule has 9 nitrogen and oxygen atoms in total. The van der Waals surface area contributed by atoms with Crippen LogP contribution in [0.5, 0.6) is 23.0 Å². The molecular formula is C30H27Cl3N2O7. The quantitative estimate of drug-likeness (QED) is 0.185. The van der Waals surface area contributed by atoms with E-state index in [4.69, 9.17) is 53.8 Å². The Balaban J connectivity index is 1.57. The molecule has 220 valence electrons. The number of rotatable bonds is 11. The second kappa shape index (κ2) is 13.8. The summed E-state index contributed by atoms with van der Waals surface area (Å²) in [5.74, 6) is -0.114. The van der Waals surface area contributed by atoms with Crippen molar-refractivity contribution < 1.29 is 33.3 Å². The fourth-order valence-corrected chi connectivity index (χ4v) is 4.82.